The van der Waals surface area contributed by atoms with Crippen LogP contribution in [0.25, 0.3) is 0 Å². The number of carbonyl (C=O) groups excluding carboxylic acids is 1. The van der Waals surface area contributed by atoms with Gasteiger partial charge >= 0.3 is 5.97 Å². The van der Waals surface area contributed by atoms with Gasteiger partial charge in [0.25, 0.3) is 5.79 Å². The molecule has 4 aliphatic rings. The Morgan fingerprint density at radius 3 is 2.50 bits per heavy atom. The maximum atomic E-state index is 11.8. The van der Waals surface area contributed by atoms with Crippen molar-refractivity contribution in [2.24, 2.45) is 16.7 Å². The molecule has 0 amide bonds. The number of hydrogen-bond acceptors (Lipinski definition) is 4. The van der Waals surface area contributed by atoms with E-state index in [4.69, 9.17) is 14.5 Å². The summed E-state index contributed by atoms with van der Waals surface area (Å²) in [7, 11) is 0. The zero-order chi connectivity index (χ0) is 17.4. The molecule has 0 bridgehead atoms. The van der Waals surface area contributed by atoms with Crippen molar-refractivity contribution < 1.29 is 19.3 Å². The Morgan fingerprint density at radius 2 is 1.83 bits per heavy atom. The van der Waals surface area contributed by atoms with E-state index in [0.717, 1.165) is 24.8 Å². The summed E-state index contributed by atoms with van der Waals surface area (Å²) in [6.07, 6.45) is 9.27. The summed E-state index contributed by atoms with van der Waals surface area (Å²) < 4.78 is 5.52. The summed E-state index contributed by atoms with van der Waals surface area (Å²) in [6.45, 7) is 11.1. The zero-order valence-corrected chi connectivity index (χ0v) is 15.4. The fourth-order valence-corrected chi connectivity index (χ4v) is 5.85. The third-order valence-electron chi connectivity index (χ3n) is 7.14. The van der Waals surface area contributed by atoms with Crippen molar-refractivity contribution in [2.45, 2.75) is 78.1 Å². The van der Waals surface area contributed by atoms with Crippen molar-refractivity contribution in [1.29, 1.82) is 0 Å². The highest BCUT2D eigenvalue weighted by atomic mass is 17.2. The molecule has 0 unspecified atom stereocenters. The molecule has 0 aromatic heterocycles. The Balaban J connectivity index is 1.84. The minimum Gasteiger partial charge on any atom is -0.419 e. The van der Waals surface area contributed by atoms with E-state index in [1.54, 1.807) is 0 Å². The van der Waals surface area contributed by atoms with Crippen LogP contribution < -0.4 is 0 Å². The molecule has 0 saturated heterocycles. The number of carbonyl (C=O) groups is 1. The Hall–Kier alpha value is -1.13. The maximum absolute atomic E-state index is 11.8. The molecule has 0 aromatic carbocycles. The van der Waals surface area contributed by atoms with Gasteiger partial charge in [-0.1, -0.05) is 27.2 Å². The molecule has 1 spiro atoms. The Kier molecular flexibility index (Phi) is 3.22. The first-order chi connectivity index (χ1) is 11.1. The largest absolute Gasteiger partial charge is 0.419 e. The predicted molar refractivity (Wildman–Crippen MR) is 89.7 cm³/mol. The van der Waals surface area contributed by atoms with E-state index >= 15 is 0 Å². The average molecular weight is 332 g/mol. The summed E-state index contributed by atoms with van der Waals surface area (Å²) in [4.78, 5) is 23.4. The van der Waals surface area contributed by atoms with Crippen molar-refractivity contribution in [3.05, 3.63) is 23.3 Å². The van der Waals surface area contributed by atoms with Crippen molar-refractivity contribution in [3.63, 3.8) is 0 Å². The number of esters is 1. The van der Waals surface area contributed by atoms with Gasteiger partial charge in [0.15, 0.2) is 0 Å². The normalized spacial score (nSPS) is 46.7. The fraction of sp³-hybridized carbons (Fsp3) is 0.750. The van der Waals surface area contributed by atoms with Crippen LogP contribution in [0.2, 0.25) is 0 Å². The van der Waals surface area contributed by atoms with Gasteiger partial charge in [-0.25, -0.2) is 9.68 Å². The van der Waals surface area contributed by atoms with Gasteiger partial charge in [0.1, 0.15) is 5.60 Å². The van der Waals surface area contributed by atoms with Crippen LogP contribution in [-0.4, -0.2) is 17.4 Å². The van der Waals surface area contributed by atoms with Gasteiger partial charge in [0, 0.05) is 11.6 Å². The van der Waals surface area contributed by atoms with E-state index in [1.165, 1.54) is 24.5 Å². The molecule has 2 aliphatic carbocycles. The second kappa shape index (κ2) is 4.73. The maximum Gasteiger partial charge on any atom is 0.334 e. The average Bonchev–Trinajstić information content (AvgIpc) is 2.74. The van der Waals surface area contributed by atoms with E-state index in [9.17, 15) is 4.79 Å². The molecule has 2 heterocycles. The molecule has 0 aromatic rings. The molecule has 24 heavy (non-hydrogen) atoms. The smallest absolute Gasteiger partial charge is 0.334 e. The molecule has 2 aliphatic heterocycles. The second-order valence-corrected chi connectivity index (χ2v) is 9.22. The molecule has 132 valence electrons. The first-order valence-electron chi connectivity index (χ1n) is 9.14. The Bertz CT molecular complexity index is 661. The van der Waals surface area contributed by atoms with Crippen LogP contribution in [0.3, 0.4) is 0 Å². The lowest BCUT2D eigenvalue weighted by Crippen LogP contribution is -2.57. The summed E-state index contributed by atoms with van der Waals surface area (Å²) in [5.74, 6) is -0.922. The van der Waals surface area contributed by atoms with Crippen LogP contribution in [0.5, 0.6) is 0 Å². The third kappa shape index (κ3) is 2.02. The second-order valence-electron chi connectivity index (χ2n) is 9.22. The first-order valence-corrected chi connectivity index (χ1v) is 9.14. The summed E-state index contributed by atoms with van der Waals surface area (Å²) >= 11 is 0. The molecular weight excluding hydrogens is 304 g/mol. The van der Waals surface area contributed by atoms with Crippen LogP contribution in [0.1, 0.15) is 66.7 Å². The van der Waals surface area contributed by atoms with Crippen molar-refractivity contribution in [1.82, 2.24) is 0 Å². The summed E-state index contributed by atoms with van der Waals surface area (Å²) in [5, 5.41) is 0. The number of hydrogen-bond donors (Lipinski definition) is 0. The standard InChI is InChI=1S/C20H28O4/c1-13-11-16(21)22-20(13)12-15-18(4)9-6-8-17(2,3)14(18)7-10-19(15,5)23-24-20/h11-12,14H,6-10H2,1-5H3/t14-,18-,19-,20+/m1/s1. The van der Waals surface area contributed by atoms with Gasteiger partial charge in [-0.05, 0) is 67.9 Å². The lowest BCUT2D eigenvalue weighted by Gasteiger charge is -2.60. The number of ether oxygens (including phenoxy) is 1. The lowest BCUT2D eigenvalue weighted by atomic mass is 9.47. The van der Waals surface area contributed by atoms with Gasteiger partial charge in [0.05, 0.1) is 0 Å². The highest BCUT2D eigenvalue weighted by molar-refractivity contribution is 5.86. The van der Waals surface area contributed by atoms with Gasteiger partial charge in [-0.2, -0.15) is 4.89 Å². The SMILES string of the molecule is CC1=CC(=O)O[C@]12C=C1[C@@](C)(CC[C@@H]3C(C)(C)CCC[C@@]13C)OO2. The first kappa shape index (κ1) is 16.3. The van der Waals surface area contributed by atoms with Crippen LogP contribution in [-0.2, 0) is 19.3 Å². The molecular formula is C20H28O4. The molecule has 4 nitrogen and oxygen atoms in total. The topological polar surface area (TPSA) is 44.8 Å². The monoisotopic (exact) mass is 332 g/mol. The number of fused-ring (bicyclic) bond motifs is 3. The van der Waals surface area contributed by atoms with Gasteiger partial charge in [-0.15, -0.1) is 0 Å². The highest BCUT2D eigenvalue weighted by Gasteiger charge is 2.60. The van der Waals surface area contributed by atoms with Crippen LogP contribution in [0.4, 0.5) is 0 Å². The summed E-state index contributed by atoms with van der Waals surface area (Å²) in [6, 6.07) is 0. The highest BCUT2D eigenvalue weighted by Crippen LogP contribution is 2.64. The van der Waals surface area contributed by atoms with Crippen molar-refractivity contribution >= 4 is 5.97 Å². The molecule has 0 N–H and O–H groups in total. The van der Waals surface area contributed by atoms with E-state index in [-0.39, 0.29) is 11.4 Å². The summed E-state index contributed by atoms with van der Waals surface area (Å²) in [5.41, 5.74) is 1.95. The van der Waals surface area contributed by atoms with Gasteiger partial charge in [0.2, 0.25) is 0 Å². The molecule has 2 saturated carbocycles. The molecule has 2 fully saturated rings. The van der Waals surface area contributed by atoms with Crippen molar-refractivity contribution in [3.8, 4) is 0 Å². The molecule has 0 radical (unpaired) electrons. The Morgan fingerprint density at radius 1 is 1.08 bits per heavy atom. The molecule has 4 heteroatoms. The van der Waals surface area contributed by atoms with E-state index in [1.807, 2.05) is 6.92 Å². The van der Waals surface area contributed by atoms with E-state index in [2.05, 4.69) is 33.8 Å². The fourth-order valence-electron chi connectivity index (χ4n) is 5.85. The Labute approximate surface area is 144 Å². The lowest BCUT2D eigenvalue weighted by molar-refractivity contribution is -0.438. The minimum absolute atomic E-state index is 0.0564. The van der Waals surface area contributed by atoms with Gasteiger partial charge in [-0.3, -0.25) is 0 Å². The molecule has 4 rings (SSSR count). The van der Waals surface area contributed by atoms with Crippen molar-refractivity contribution in [2.75, 3.05) is 0 Å². The quantitative estimate of drug-likeness (QED) is 0.373. The van der Waals surface area contributed by atoms with E-state index < -0.39 is 11.4 Å². The third-order valence-corrected chi connectivity index (χ3v) is 7.14. The predicted octanol–water partition coefficient (Wildman–Crippen LogP) is 4.46. The van der Waals surface area contributed by atoms with Gasteiger partial charge < -0.3 is 4.74 Å². The van der Waals surface area contributed by atoms with Crippen LogP contribution in [0, 0.1) is 16.7 Å². The molecule has 4 atom stereocenters. The van der Waals surface area contributed by atoms with E-state index in [0.29, 0.717) is 11.3 Å². The van der Waals surface area contributed by atoms with Crippen LogP contribution >= 0.6 is 0 Å². The van der Waals surface area contributed by atoms with Crippen LogP contribution in [0.15, 0.2) is 23.3 Å². The number of rotatable bonds is 0. The zero-order valence-electron chi connectivity index (χ0n) is 15.4. The minimum atomic E-state index is -1.17.